The summed E-state index contributed by atoms with van der Waals surface area (Å²) < 4.78 is 0. The first-order valence-corrected chi connectivity index (χ1v) is 6.16. The Bertz CT molecular complexity index is 369. The lowest BCUT2D eigenvalue weighted by Gasteiger charge is -2.12. The normalized spacial score (nSPS) is 17.8. The average Bonchev–Trinajstić information content (AvgIpc) is 2.99. The lowest BCUT2D eigenvalue weighted by atomic mass is 10.1. The Morgan fingerprint density at radius 3 is 2.62 bits per heavy atom. The van der Waals surface area contributed by atoms with Crippen LogP contribution < -0.4 is 5.73 Å². The van der Waals surface area contributed by atoms with Gasteiger partial charge in [-0.3, -0.25) is 0 Å². The van der Waals surface area contributed by atoms with Crippen molar-refractivity contribution in [2.45, 2.75) is 52.0 Å². The van der Waals surface area contributed by atoms with Gasteiger partial charge >= 0.3 is 0 Å². The van der Waals surface area contributed by atoms with Gasteiger partial charge in [-0.15, -0.1) is 0 Å². The lowest BCUT2D eigenvalue weighted by molar-refractivity contribution is 0.579. The predicted octanol–water partition coefficient (Wildman–Crippen LogP) is 2.19. The molecule has 0 amide bonds. The molecule has 1 atom stereocenters. The quantitative estimate of drug-likeness (QED) is 0.844. The highest BCUT2D eigenvalue weighted by Crippen LogP contribution is 2.32. The van der Waals surface area contributed by atoms with Gasteiger partial charge in [0, 0.05) is 29.8 Å². The van der Waals surface area contributed by atoms with Crippen molar-refractivity contribution < 1.29 is 0 Å². The van der Waals surface area contributed by atoms with Crippen LogP contribution in [0.5, 0.6) is 0 Å². The summed E-state index contributed by atoms with van der Waals surface area (Å²) in [4.78, 5) is 9.04. The Morgan fingerprint density at radius 2 is 2.06 bits per heavy atom. The molecule has 2 rings (SSSR count). The van der Waals surface area contributed by atoms with Crippen molar-refractivity contribution >= 4 is 0 Å². The van der Waals surface area contributed by atoms with Crippen molar-refractivity contribution in [3.05, 3.63) is 23.3 Å². The molecule has 1 aromatic heterocycles. The summed E-state index contributed by atoms with van der Waals surface area (Å²) in [5.74, 6) is 2.06. The van der Waals surface area contributed by atoms with Crippen molar-refractivity contribution in [3.8, 4) is 0 Å². The second-order valence-electron chi connectivity index (χ2n) is 5.22. The van der Waals surface area contributed by atoms with E-state index in [0.717, 1.165) is 29.6 Å². The zero-order chi connectivity index (χ0) is 11.7. The Kier molecular flexibility index (Phi) is 3.24. The number of rotatable bonds is 4. The van der Waals surface area contributed by atoms with Crippen LogP contribution in [0.15, 0.2) is 6.07 Å². The molecule has 0 aliphatic heterocycles. The number of nitrogens with zero attached hydrogens (tertiary/aromatic N) is 2. The molecule has 1 heterocycles. The van der Waals surface area contributed by atoms with Crippen LogP contribution in [0, 0.1) is 12.8 Å². The first-order valence-electron chi connectivity index (χ1n) is 6.16. The number of nitrogens with two attached hydrogens (primary N) is 1. The Hall–Kier alpha value is -0.960. The molecule has 1 fully saturated rings. The highest BCUT2D eigenvalue weighted by Gasteiger charge is 2.28. The molecule has 1 unspecified atom stereocenters. The summed E-state index contributed by atoms with van der Waals surface area (Å²) in [6, 6.07) is 2.35. The Balaban J connectivity index is 2.13. The molecule has 2 N–H and O–H groups in total. The maximum absolute atomic E-state index is 6.13. The molecule has 0 saturated heterocycles. The van der Waals surface area contributed by atoms with Crippen LogP contribution >= 0.6 is 0 Å². The number of hydrogen-bond acceptors (Lipinski definition) is 3. The standard InChI is InChI=1S/C13H21N3/c1-8(2)13-15-9(3)6-11(16-13)7-12(14)10-4-5-10/h6,8,10,12H,4-5,7,14H2,1-3H3. The van der Waals surface area contributed by atoms with Crippen molar-refractivity contribution in [3.63, 3.8) is 0 Å². The Labute approximate surface area is 97.5 Å². The number of hydrogen-bond donors (Lipinski definition) is 1. The molecular formula is C13H21N3. The van der Waals surface area contributed by atoms with E-state index in [1.54, 1.807) is 0 Å². The second-order valence-corrected chi connectivity index (χ2v) is 5.22. The van der Waals surface area contributed by atoms with Crippen LogP contribution in [0.2, 0.25) is 0 Å². The summed E-state index contributed by atoms with van der Waals surface area (Å²) >= 11 is 0. The van der Waals surface area contributed by atoms with Crippen LogP contribution in [-0.4, -0.2) is 16.0 Å². The molecule has 16 heavy (non-hydrogen) atoms. The van der Waals surface area contributed by atoms with Crippen LogP contribution in [0.4, 0.5) is 0 Å². The van der Waals surface area contributed by atoms with E-state index < -0.39 is 0 Å². The highest BCUT2D eigenvalue weighted by atomic mass is 14.9. The summed E-state index contributed by atoms with van der Waals surface area (Å²) in [7, 11) is 0. The molecule has 1 aliphatic carbocycles. The van der Waals surface area contributed by atoms with E-state index in [-0.39, 0.29) is 6.04 Å². The van der Waals surface area contributed by atoms with E-state index >= 15 is 0 Å². The molecule has 0 spiro atoms. The molecule has 1 aromatic rings. The van der Waals surface area contributed by atoms with Crippen LogP contribution in [-0.2, 0) is 6.42 Å². The summed E-state index contributed by atoms with van der Waals surface area (Å²) in [5, 5.41) is 0. The molecule has 1 aliphatic rings. The van der Waals surface area contributed by atoms with Gasteiger partial charge in [-0.25, -0.2) is 9.97 Å². The average molecular weight is 219 g/mol. The third-order valence-corrected chi connectivity index (χ3v) is 3.11. The van der Waals surface area contributed by atoms with Gasteiger partial charge in [0.05, 0.1) is 0 Å². The molecular weight excluding hydrogens is 198 g/mol. The lowest BCUT2D eigenvalue weighted by Crippen LogP contribution is -2.26. The fourth-order valence-electron chi connectivity index (χ4n) is 1.95. The maximum atomic E-state index is 6.13. The first kappa shape index (κ1) is 11.5. The van der Waals surface area contributed by atoms with Gasteiger partial charge in [0.2, 0.25) is 0 Å². The molecule has 0 bridgehead atoms. The molecule has 0 radical (unpaired) electrons. The fraction of sp³-hybridized carbons (Fsp3) is 0.692. The van der Waals surface area contributed by atoms with Crippen molar-refractivity contribution in [2.24, 2.45) is 11.7 Å². The van der Waals surface area contributed by atoms with Crippen LogP contribution in [0.3, 0.4) is 0 Å². The minimum Gasteiger partial charge on any atom is -0.327 e. The second kappa shape index (κ2) is 4.50. The van der Waals surface area contributed by atoms with E-state index in [1.807, 2.05) is 6.92 Å². The van der Waals surface area contributed by atoms with Crippen molar-refractivity contribution in [2.75, 3.05) is 0 Å². The molecule has 0 aromatic carbocycles. The van der Waals surface area contributed by atoms with Gasteiger partial charge in [-0.05, 0) is 31.7 Å². The molecule has 88 valence electrons. The third kappa shape index (κ3) is 2.79. The zero-order valence-electron chi connectivity index (χ0n) is 10.4. The van der Waals surface area contributed by atoms with Crippen molar-refractivity contribution in [1.29, 1.82) is 0 Å². The van der Waals surface area contributed by atoms with Gasteiger partial charge in [-0.1, -0.05) is 13.8 Å². The van der Waals surface area contributed by atoms with E-state index in [1.165, 1.54) is 12.8 Å². The van der Waals surface area contributed by atoms with Crippen molar-refractivity contribution in [1.82, 2.24) is 9.97 Å². The predicted molar refractivity (Wildman–Crippen MR) is 65.3 cm³/mol. The van der Waals surface area contributed by atoms with Crippen LogP contribution in [0.1, 0.15) is 49.8 Å². The molecule has 1 saturated carbocycles. The van der Waals surface area contributed by atoms with E-state index in [4.69, 9.17) is 5.73 Å². The molecule has 3 heteroatoms. The fourth-order valence-corrected chi connectivity index (χ4v) is 1.95. The van der Waals surface area contributed by atoms with Gasteiger partial charge in [0.15, 0.2) is 0 Å². The summed E-state index contributed by atoms with van der Waals surface area (Å²) in [5.41, 5.74) is 8.29. The number of aryl methyl sites for hydroxylation is 1. The minimum atomic E-state index is 0.286. The number of aromatic nitrogens is 2. The highest BCUT2D eigenvalue weighted by molar-refractivity contribution is 5.13. The topological polar surface area (TPSA) is 51.8 Å². The summed E-state index contributed by atoms with van der Waals surface area (Å²) in [6.45, 7) is 6.28. The van der Waals surface area contributed by atoms with E-state index in [0.29, 0.717) is 5.92 Å². The third-order valence-electron chi connectivity index (χ3n) is 3.11. The SMILES string of the molecule is Cc1cc(CC(N)C2CC2)nc(C(C)C)n1. The summed E-state index contributed by atoms with van der Waals surface area (Å²) in [6.07, 6.45) is 3.48. The zero-order valence-corrected chi connectivity index (χ0v) is 10.4. The van der Waals surface area contributed by atoms with E-state index in [2.05, 4.69) is 29.9 Å². The smallest absolute Gasteiger partial charge is 0.131 e. The van der Waals surface area contributed by atoms with Gasteiger partial charge in [0.25, 0.3) is 0 Å². The first-order chi connectivity index (χ1) is 7.56. The van der Waals surface area contributed by atoms with Gasteiger partial charge in [0.1, 0.15) is 5.82 Å². The van der Waals surface area contributed by atoms with Gasteiger partial charge in [-0.2, -0.15) is 0 Å². The van der Waals surface area contributed by atoms with Gasteiger partial charge < -0.3 is 5.73 Å². The van der Waals surface area contributed by atoms with Crippen LogP contribution in [0.25, 0.3) is 0 Å². The minimum absolute atomic E-state index is 0.286. The Morgan fingerprint density at radius 1 is 1.38 bits per heavy atom. The maximum Gasteiger partial charge on any atom is 0.131 e. The molecule has 3 nitrogen and oxygen atoms in total. The van der Waals surface area contributed by atoms with E-state index in [9.17, 15) is 0 Å². The largest absolute Gasteiger partial charge is 0.327 e. The monoisotopic (exact) mass is 219 g/mol.